The van der Waals surface area contributed by atoms with Gasteiger partial charge in [-0.05, 0) is 49.2 Å². The van der Waals surface area contributed by atoms with Gasteiger partial charge in [0.1, 0.15) is 5.78 Å². The van der Waals surface area contributed by atoms with Gasteiger partial charge in [0, 0.05) is 12.3 Å². The molecule has 0 aromatic carbocycles. The zero-order valence-electron chi connectivity index (χ0n) is 11.6. The third-order valence-corrected chi connectivity index (χ3v) is 4.74. The third-order valence-electron chi connectivity index (χ3n) is 4.74. The number of carbonyl (C=O) groups excluding carboxylic acids is 2. The van der Waals surface area contributed by atoms with Gasteiger partial charge in [0.05, 0.1) is 6.10 Å². The maximum atomic E-state index is 12.0. The summed E-state index contributed by atoms with van der Waals surface area (Å²) in [7, 11) is 0. The smallest absolute Gasteiger partial charge is 0.158 e. The molecule has 2 rings (SSSR count). The number of hydrogen-bond donors (Lipinski definition) is 1. The van der Waals surface area contributed by atoms with Crippen molar-refractivity contribution in [2.24, 2.45) is 23.7 Å². The van der Waals surface area contributed by atoms with Gasteiger partial charge in [-0.25, -0.2) is 0 Å². The molecule has 0 radical (unpaired) electrons. The molecular formula is C15H22O3. The van der Waals surface area contributed by atoms with Crippen molar-refractivity contribution in [1.29, 1.82) is 0 Å². The number of allylic oxidation sites excluding steroid dienone is 1. The minimum atomic E-state index is -0.602. The molecule has 0 heterocycles. The summed E-state index contributed by atoms with van der Waals surface area (Å²) in [4.78, 5) is 23.8. The van der Waals surface area contributed by atoms with E-state index in [0.717, 1.165) is 5.57 Å². The minimum absolute atomic E-state index is 0.0789. The summed E-state index contributed by atoms with van der Waals surface area (Å²) in [5.41, 5.74) is 1.55. The predicted molar refractivity (Wildman–Crippen MR) is 68.9 cm³/mol. The number of Topliss-reactive ketones (excluding diaryl/α,β-unsaturated/α-hetero) is 2. The van der Waals surface area contributed by atoms with E-state index >= 15 is 0 Å². The van der Waals surface area contributed by atoms with E-state index in [1.54, 1.807) is 13.8 Å². The van der Waals surface area contributed by atoms with Crippen molar-refractivity contribution in [2.75, 3.05) is 0 Å². The lowest BCUT2D eigenvalue weighted by molar-refractivity contribution is -0.124. The van der Waals surface area contributed by atoms with Crippen LogP contribution in [0.2, 0.25) is 0 Å². The lowest BCUT2D eigenvalue weighted by atomic mass is 9.68. The van der Waals surface area contributed by atoms with Gasteiger partial charge in [-0.1, -0.05) is 13.8 Å². The topological polar surface area (TPSA) is 54.4 Å². The van der Waals surface area contributed by atoms with Crippen LogP contribution in [0.3, 0.4) is 0 Å². The normalized spacial score (nSPS) is 36.2. The molecule has 0 spiro atoms. The van der Waals surface area contributed by atoms with E-state index in [-0.39, 0.29) is 29.3 Å². The Balaban J connectivity index is 2.49. The zero-order valence-corrected chi connectivity index (χ0v) is 11.6. The SMILES string of the molecule is CC(=O)[C@H]1C[C@H](O)C2=C(C)C(=O)C[C@@H](C(C)C)[C@@H]21. The van der Waals surface area contributed by atoms with E-state index in [1.165, 1.54) is 0 Å². The van der Waals surface area contributed by atoms with Crippen LogP contribution in [0, 0.1) is 23.7 Å². The summed E-state index contributed by atoms with van der Waals surface area (Å²) in [6, 6.07) is 0. The number of aliphatic hydroxyl groups is 1. The fourth-order valence-electron chi connectivity index (χ4n) is 3.71. The van der Waals surface area contributed by atoms with Gasteiger partial charge in [0.25, 0.3) is 0 Å². The molecule has 100 valence electrons. The van der Waals surface area contributed by atoms with Gasteiger partial charge >= 0.3 is 0 Å². The van der Waals surface area contributed by atoms with Gasteiger partial charge in [-0.2, -0.15) is 0 Å². The lowest BCUT2D eigenvalue weighted by Crippen LogP contribution is -2.34. The quantitative estimate of drug-likeness (QED) is 0.817. The molecule has 0 aliphatic heterocycles. The van der Waals surface area contributed by atoms with E-state index in [1.807, 2.05) is 0 Å². The fraction of sp³-hybridized carbons (Fsp3) is 0.733. The Bertz CT molecular complexity index is 419. The fourth-order valence-corrected chi connectivity index (χ4v) is 3.71. The van der Waals surface area contributed by atoms with Crippen LogP contribution in [-0.4, -0.2) is 22.8 Å². The average Bonchev–Trinajstić information content (AvgIpc) is 2.61. The van der Waals surface area contributed by atoms with Crippen LogP contribution in [-0.2, 0) is 9.59 Å². The summed E-state index contributed by atoms with van der Waals surface area (Å²) in [5, 5.41) is 10.2. The molecule has 1 saturated carbocycles. The van der Waals surface area contributed by atoms with E-state index in [4.69, 9.17) is 0 Å². The molecule has 0 unspecified atom stereocenters. The van der Waals surface area contributed by atoms with Crippen molar-refractivity contribution in [3.63, 3.8) is 0 Å². The van der Waals surface area contributed by atoms with E-state index in [2.05, 4.69) is 13.8 Å². The Morgan fingerprint density at radius 1 is 1.39 bits per heavy atom. The molecule has 0 amide bonds. The Kier molecular flexibility index (Phi) is 3.45. The minimum Gasteiger partial charge on any atom is -0.389 e. The molecule has 1 fully saturated rings. The molecule has 3 heteroatoms. The summed E-state index contributed by atoms with van der Waals surface area (Å²) in [6.45, 7) is 7.59. The summed E-state index contributed by atoms with van der Waals surface area (Å²) in [6.07, 6.45) is 0.409. The lowest BCUT2D eigenvalue weighted by Gasteiger charge is -2.35. The Labute approximate surface area is 108 Å². The summed E-state index contributed by atoms with van der Waals surface area (Å²) in [5.74, 6) is 0.808. The van der Waals surface area contributed by atoms with Gasteiger partial charge in [0.2, 0.25) is 0 Å². The molecule has 2 aliphatic carbocycles. The zero-order chi connectivity index (χ0) is 13.6. The highest BCUT2D eigenvalue weighted by molar-refractivity contribution is 5.97. The molecule has 0 bridgehead atoms. The predicted octanol–water partition coefficient (Wildman–Crippen LogP) is 2.13. The number of rotatable bonds is 2. The second-order valence-corrected chi connectivity index (χ2v) is 6.11. The van der Waals surface area contributed by atoms with E-state index < -0.39 is 6.10 Å². The van der Waals surface area contributed by atoms with Crippen molar-refractivity contribution in [3.05, 3.63) is 11.1 Å². The molecule has 1 N–H and O–H groups in total. The molecule has 0 aromatic rings. The van der Waals surface area contributed by atoms with Crippen LogP contribution in [0.25, 0.3) is 0 Å². The maximum absolute atomic E-state index is 12.0. The maximum Gasteiger partial charge on any atom is 0.158 e. The molecule has 4 atom stereocenters. The number of carbonyl (C=O) groups is 2. The van der Waals surface area contributed by atoms with Crippen LogP contribution in [0.1, 0.15) is 40.5 Å². The van der Waals surface area contributed by atoms with Crippen LogP contribution >= 0.6 is 0 Å². The first-order valence-electron chi connectivity index (χ1n) is 6.77. The molecule has 3 nitrogen and oxygen atoms in total. The first kappa shape index (κ1) is 13.5. The number of ketones is 2. The van der Waals surface area contributed by atoms with Crippen molar-refractivity contribution in [2.45, 2.75) is 46.6 Å². The van der Waals surface area contributed by atoms with Crippen molar-refractivity contribution in [3.8, 4) is 0 Å². The van der Waals surface area contributed by atoms with Crippen LogP contribution < -0.4 is 0 Å². The van der Waals surface area contributed by atoms with Crippen LogP contribution in [0.15, 0.2) is 11.1 Å². The van der Waals surface area contributed by atoms with Crippen molar-refractivity contribution < 1.29 is 14.7 Å². The van der Waals surface area contributed by atoms with Crippen molar-refractivity contribution in [1.82, 2.24) is 0 Å². The van der Waals surface area contributed by atoms with Crippen molar-refractivity contribution >= 4 is 11.6 Å². The molecule has 0 saturated heterocycles. The second-order valence-electron chi connectivity index (χ2n) is 6.11. The molecule has 18 heavy (non-hydrogen) atoms. The second kappa shape index (κ2) is 4.61. The summed E-state index contributed by atoms with van der Waals surface area (Å²) >= 11 is 0. The standard InChI is InChI=1S/C15H22O3/c1-7(2)10-5-12(17)8(3)14-13(18)6-11(9(4)16)15(10)14/h7,10-11,13,15,18H,5-6H2,1-4H3/t10-,11+,13-,15+/m0/s1. The Hall–Kier alpha value is -0.960. The first-order valence-corrected chi connectivity index (χ1v) is 6.77. The van der Waals surface area contributed by atoms with E-state index in [9.17, 15) is 14.7 Å². The van der Waals surface area contributed by atoms with Gasteiger partial charge in [-0.15, -0.1) is 0 Å². The average molecular weight is 250 g/mol. The third kappa shape index (κ3) is 1.95. The number of fused-ring (bicyclic) bond motifs is 1. The Morgan fingerprint density at radius 2 is 2.00 bits per heavy atom. The van der Waals surface area contributed by atoms with Crippen LogP contribution in [0.5, 0.6) is 0 Å². The number of hydrogen-bond acceptors (Lipinski definition) is 3. The molecular weight excluding hydrogens is 228 g/mol. The summed E-state index contributed by atoms with van der Waals surface area (Å²) < 4.78 is 0. The first-order chi connectivity index (χ1) is 8.34. The highest BCUT2D eigenvalue weighted by atomic mass is 16.3. The van der Waals surface area contributed by atoms with Gasteiger partial charge in [-0.3, -0.25) is 9.59 Å². The monoisotopic (exact) mass is 250 g/mol. The molecule has 0 aromatic heterocycles. The molecule has 2 aliphatic rings. The van der Waals surface area contributed by atoms with Gasteiger partial charge in [0.15, 0.2) is 5.78 Å². The van der Waals surface area contributed by atoms with Crippen LogP contribution in [0.4, 0.5) is 0 Å². The van der Waals surface area contributed by atoms with E-state index in [0.29, 0.717) is 24.3 Å². The highest BCUT2D eigenvalue weighted by Crippen LogP contribution is 2.49. The largest absolute Gasteiger partial charge is 0.389 e. The number of aliphatic hydroxyl groups excluding tert-OH is 1. The highest BCUT2D eigenvalue weighted by Gasteiger charge is 2.49. The van der Waals surface area contributed by atoms with Gasteiger partial charge < -0.3 is 5.11 Å². The Morgan fingerprint density at radius 3 is 2.50 bits per heavy atom.